The van der Waals surface area contributed by atoms with Crippen LogP contribution in [0.1, 0.15) is 22.0 Å². The SMILES string of the molecule is CNC(=O)Oc1sc(CCc2c(-c3ccccn3)noc2C)nc1C. The van der Waals surface area contributed by atoms with Crippen molar-refractivity contribution in [1.29, 1.82) is 0 Å². The van der Waals surface area contributed by atoms with Gasteiger partial charge in [-0.15, -0.1) is 0 Å². The average Bonchev–Trinajstić information content (AvgIpc) is 3.16. The molecule has 8 heteroatoms. The molecule has 0 saturated heterocycles. The summed E-state index contributed by atoms with van der Waals surface area (Å²) in [5, 5.41) is 7.97. The maximum atomic E-state index is 11.4. The maximum absolute atomic E-state index is 11.4. The first kappa shape index (κ1) is 17.1. The molecular weight excluding hydrogens is 340 g/mol. The van der Waals surface area contributed by atoms with Crippen molar-refractivity contribution in [3.63, 3.8) is 0 Å². The largest absolute Gasteiger partial charge is 0.413 e. The topological polar surface area (TPSA) is 90.1 Å². The Bertz CT molecular complexity index is 873. The van der Waals surface area contributed by atoms with Crippen molar-refractivity contribution in [1.82, 2.24) is 20.4 Å². The third-order valence-corrected chi connectivity index (χ3v) is 4.76. The molecule has 3 aromatic rings. The van der Waals surface area contributed by atoms with Crippen LogP contribution in [-0.4, -0.2) is 28.3 Å². The van der Waals surface area contributed by atoms with E-state index in [4.69, 9.17) is 9.26 Å². The normalized spacial score (nSPS) is 10.7. The standard InChI is InChI=1S/C17H18N4O3S/c1-10-16(23-17(22)18-3)25-14(20-10)8-7-12-11(2)24-21-15(12)13-6-4-5-9-19-13/h4-6,9H,7-8H2,1-3H3,(H,18,22). The molecule has 0 fully saturated rings. The molecule has 3 rings (SSSR count). The van der Waals surface area contributed by atoms with E-state index in [1.807, 2.05) is 32.0 Å². The zero-order valence-corrected chi connectivity index (χ0v) is 15.0. The monoisotopic (exact) mass is 358 g/mol. The van der Waals surface area contributed by atoms with Gasteiger partial charge in [-0.25, -0.2) is 9.78 Å². The van der Waals surface area contributed by atoms with Crippen molar-refractivity contribution in [2.45, 2.75) is 26.7 Å². The number of aryl methyl sites for hydroxylation is 3. The van der Waals surface area contributed by atoms with Crippen LogP contribution in [0.4, 0.5) is 4.79 Å². The predicted molar refractivity (Wildman–Crippen MR) is 93.8 cm³/mol. The highest BCUT2D eigenvalue weighted by molar-refractivity contribution is 7.13. The number of carbonyl (C=O) groups excluding carboxylic acids is 1. The van der Waals surface area contributed by atoms with Crippen molar-refractivity contribution in [2.24, 2.45) is 0 Å². The molecule has 0 atom stereocenters. The highest BCUT2D eigenvalue weighted by Gasteiger charge is 2.17. The molecule has 0 aliphatic rings. The van der Waals surface area contributed by atoms with Crippen LogP contribution in [0, 0.1) is 13.8 Å². The number of hydrogen-bond donors (Lipinski definition) is 1. The third-order valence-electron chi connectivity index (χ3n) is 3.67. The summed E-state index contributed by atoms with van der Waals surface area (Å²) in [6.45, 7) is 3.71. The van der Waals surface area contributed by atoms with Gasteiger partial charge in [0.1, 0.15) is 11.5 Å². The predicted octanol–water partition coefficient (Wildman–Crippen LogP) is 3.31. The van der Waals surface area contributed by atoms with Gasteiger partial charge in [-0.1, -0.05) is 22.6 Å². The lowest BCUT2D eigenvalue weighted by Gasteiger charge is -2.01. The number of hydrogen-bond acceptors (Lipinski definition) is 7. The molecule has 25 heavy (non-hydrogen) atoms. The van der Waals surface area contributed by atoms with Gasteiger partial charge in [0.2, 0.25) is 5.06 Å². The summed E-state index contributed by atoms with van der Waals surface area (Å²) in [5.74, 6) is 0.774. The van der Waals surface area contributed by atoms with Gasteiger partial charge in [0, 0.05) is 25.2 Å². The zero-order valence-electron chi connectivity index (χ0n) is 14.2. The van der Waals surface area contributed by atoms with Crippen LogP contribution in [0.5, 0.6) is 5.06 Å². The minimum atomic E-state index is -0.495. The summed E-state index contributed by atoms with van der Waals surface area (Å²) in [6, 6.07) is 5.69. The average molecular weight is 358 g/mol. The Labute approximate surface area is 149 Å². The number of ether oxygens (including phenoxy) is 1. The molecule has 0 saturated carbocycles. The molecule has 0 aliphatic carbocycles. The molecule has 0 spiro atoms. The molecule has 1 N–H and O–H groups in total. The fraction of sp³-hybridized carbons (Fsp3) is 0.294. The molecular formula is C17H18N4O3S. The zero-order chi connectivity index (χ0) is 17.8. The Morgan fingerprint density at radius 1 is 1.32 bits per heavy atom. The lowest BCUT2D eigenvalue weighted by Crippen LogP contribution is -2.21. The number of rotatable bonds is 5. The molecule has 130 valence electrons. The maximum Gasteiger partial charge on any atom is 0.413 e. The van der Waals surface area contributed by atoms with E-state index in [0.717, 1.165) is 27.7 Å². The second-order valence-corrected chi connectivity index (χ2v) is 6.45. The van der Waals surface area contributed by atoms with Crippen LogP contribution in [0.15, 0.2) is 28.9 Å². The van der Waals surface area contributed by atoms with Crippen LogP contribution >= 0.6 is 11.3 Å². The lowest BCUT2D eigenvalue weighted by molar-refractivity contribution is 0.204. The molecule has 0 radical (unpaired) electrons. The Morgan fingerprint density at radius 2 is 2.16 bits per heavy atom. The second-order valence-electron chi connectivity index (χ2n) is 5.40. The molecule has 0 unspecified atom stereocenters. The van der Waals surface area contributed by atoms with Gasteiger partial charge >= 0.3 is 6.09 Å². The summed E-state index contributed by atoms with van der Waals surface area (Å²) in [7, 11) is 1.52. The van der Waals surface area contributed by atoms with Crippen molar-refractivity contribution >= 4 is 17.4 Å². The minimum Gasteiger partial charge on any atom is -0.397 e. The second kappa shape index (κ2) is 7.43. The Kier molecular flexibility index (Phi) is 5.08. The van der Waals surface area contributed by atoms with Gasteiger partial charge in [0.25, 0.3) is 0 Å². The molecule has 3 heterocycles. The Morgan fingerprint density at radius 3 is 2.88 bits per heavy atom. The van der Waals surface area contributed by atoms with E-state index in [-0.39, 0.29) is 0 Å². The summed E-state index contributed by atoms with van der Waals surface area (Å²) in [4.78, 5) is 20.2. The number of nitrogens with zero attached hydrogens (tertiary/aromatic N) is 3. The van der Waals surface area contributed by atoms with Crippen molar-refractivity contribution < 1.29 is 14.1 Å². The highest BCUT2D eigenvalue weighted by Crippen LogP contribution is 2.29. The smallest absolute Gasteiger partial charge is 0.397 e. The summed E-state index contributed by atoms with van der Waals surface area (Å²) in [6.07, 6.45) is 2.65. The molecule has 1 amide bonds. The van der Waals surface area contributed by atoms with Gasteiger partial charge in [-0.3, -0.25) is 4.98 Å². The highest BCUT2D eigenvalue weighted by atomic mass is 32.1. The summed E-state index contributed by atoms with van der Waals surface area (Å²) < 4.78 is 10.5. The van der Waals surface area contributed by atoms with Gasteiger partial charge in [0.15, 0.2) is 0 Å². The van der Waals surface area contributed by atoms with Crippen LogP contribution in [-0.2, 0) is 12.8 Å². The fourth-order valence-electron chi connectivity index (χ4n) is 2.39. The Hall–Kier alpha value is -2.74. The van der Waals surface area contributed by atoms with E-state index in [1.54, 1.807) is 6.20 Å². The van der Waals surface area contributed by atoms with Gasteiger partial charge < -0.3 is 14.6 Å². The van der Waals surface area contributed by atoms with E-state index < -0.39 is 6.09 Å². The van der Waals surface area contributed by atoms with Crippen molar-refractivity contribution in [3.8, 4) is 16.5 Å². The van der Waals surface area contributed by atoms with Gasteiger partial charge in [-0.05, 0) is 32.4 Å². The van der Waals surface area contributed by atoms with Crippen LogP contribution in [0.3, 0.4) is 0 Å². The molecule has 0 aromatic carbocycles. The quantitative estimate of drug-likeness (QED) is 0.752. The lowest BCUT2D eigenvalue weighted by atomic mass is 10.1. The molecule has 0 aliphatic heterocycles. The van der Waals surface area contributed by atoms with E-state index in [1.165, 1.54) is 18.4 Å². The van der Waals surface area contributed by atoms with E-state index in [9.17, 15) is 4.79 Å². The van der Waals surface area contributed by atoms with Crippen molar-refractivity contribution in [3.05, 3.63) is 46.4 Å². The number of aromatic nitrogens is 3. The van der Waals surface area contributed by atoms with Crippen LogP contribution in [0.2, 0.25) is 0 Å². The first-order chi connectivity index (χ1) is 12.1. The first-order valence-corrected chi connectivity index (χ1v) is 8.62. The van der Waals surface area contributed by atoms with Gasteiger partial charge in [0.05, 0.1) is 16.4 Å². The Balaban J connectivity index is 1.76. The van der Waals surface area contributed by atoms with Crippen molar-refractivity contribution in [2.75, 3.05) is 7.05 Å². The van der Waals surface area contributed by atoms with Crippen LogP contribution < -0.4 is 10.1 Å². The van der Waals surface area contributed by atoms with E-state index in [0.29, 0.717) is 23.6 Å². The summed E-state index contributed by atoms with van der Waals surface area (Å²) >= 11 is 1.37. The number of amides is 1. The number of nitrogens with one attached hydrogen (secondary N) is 1. The summed E-state index contributed by atoms with van der Waals surface area (Å²) in [5.41, 5.74) is 3.26. The minimum absolute atomic E-state index is 0.495. The van der Waals surface area contributed by atoms with Crippen LogP contribution in [0.25, 0.3) is 11.4 Å². The number of pyridine rings is 1. The van der Waals surface area contributed by atoms with Gasteiger partial charge in [-0.2, -0.15) is 0 Å². The molecule has 0 bridgehead atoms. The third kappa shape index (κ3) is 3.85. The fourth-order valence-corrected chi connectivity index (χ4v) is 3.31. The number of thiazole rings is 1. The molecule has 3 aromatic heterocycles. The molecule has 7 nitrogen and oxygen atoms in total. The number of carbonyl (C=O) groups is 1. The first-order valence-electron chi connectivity index (χ1n) is 7.81. The van der Waals surface area contributed by atoms with E-state index in [2.05, 4.69) is 20.4 Å². The van der Waals surface area contributed by atoms with E-state index >= 15 is 0 Å².